The smallest absolute Gasteiger partial charge is 0.143 e. The molecule has 0 radical (unpaired) electrons. The van der Waals surface area contributed by atoms with E-state index in [9.17, 15) is 0 Å². The van der Waals surface area contributed by atoms with Crippen molar-refractivity contribution >= 4 is 122 Å². The number of anilines is 6. The van der Waals surface area contributed by atoms with Crippen LogP contribution in [-0.2, 0) is 5.41 Å². The third kappa shape index (κ3) is 13.5. The first kappa shape index (κ1) is 75.9. The van der Waals surface area contributed by atoms with Crippen LogP contribution in [0.3, 0.4) is 0 Å². The van der Waals surface area contributed by atoms with Crippen LogP contribution < -0.4 is 9.80 Å². The van der Waals surface area contributed by atoms with E-state index < -0.39 is 0 Å². The molecule has 0 unspecified atom stereocenters. The lowest BCUT2D eigenvalue weighted by Gasteiger charge is -2.28. The Morgan fingerprint density at radius 1 is 0.155 bits per heavy atom. The fourth-order valence-electron chi connectivity index (χ4n) is 19.6. The molecule has 0 spiro atoms. The summed E-state index contributed by atoms with van der Waals surface area (Å²) in [5, 5.41) is 9.08. The van der Waals surface area contributed by atoms with E-state index in [0.717, 1.165) is 189 Å². The molecule has 6 heteroatoms. The zero-order valence-corrected chi connectivity index (χ0v) is 70.9. The molecule has 4 aromatic heterocycles. The van der Waals surface area contributed by atoms with Crippen molar-refractivity contribution in [2.75, 3.05) is 9.80 Å². The molecule has 25 rings (SSSR count). The highest BCUT2D eigenvalue weighted by Gasteiger charge is 2.37. The van der Waals surface area contributed by atoms with Gasteiger partial charge in [-0.1, -0.05) is 372 Å². The van der Waals surface area contributed by atoms with Crippen molar-refractivity contribution in [2.24, 2.45) is 0 Å². The lowest BCUT2D eigenvalue weighted by atomic mass is 9.81. The number of fused-ring (bicyclic) bond motifs is 15. The monoisotopic (exact) mass is 1650 g/mol. The second-order valence-corrected chi connectivity index (χ2v) is 34.1. The molecule has 0 bridgehead atoms. The largest absolute Gasteiger partial charge is 0.455 e. The van der Waals surface area contributed by atoms with Gasteiger partial charge in [0.2, 0.25) is 0 Å². The molecule has 0 saturated heterocycles. The number of rotatable bonds is 15. The molecule has 0 N–H and O–H groups in total. The first-order chi connectivity index (χ1) is 63.7. The third-order valence-electron chi connectivity index (χ3n) is 26.3. The molecule has 0 aliphatic heterocycles. The van der Waals surface area contributed by atoms with E-state index in [1.165, 1.54) is 55.6 Å². The second kappa shape index (κ2) is 31.5. The van der Waals surface area contributed by atoms with Crippen LogP contribution in [0.25, 0.3) is 199 Å². The van der Waals surface area contributed by atoms with Gasteiger partial charge in [0.05, 0.1) is 0 Å². The van der Waals surface area contributed by atoms with Crippen molar-refractivity contribution in [3.05, 3.63) is 472 Å². The van der Waals surface area contributed by atoms with Gasteiger partial charge in [-0.05, 0) is 203 Å². The highest BCUT2D eigenvalue weighted by atomic mass is 16.3. The van der Waals surface area contributed by atoms with Crippen LogP contribution in [-0.4, -0.2) is 0 Å². The van der Waals surface area contributed by atoms with Crippen LogP contribution >= 0.6 is 0 Å². The quantitative estimate of drug-likeness (QED) is 0.102. The third-order valence-corrected chi connectivity index (χ3v) is 26.3. The maximum Gasteiger partial charge on any atom is 0.143 e. The summed E-state index contributed by atoms with van der Waals surface area (Å²) in [6, 6.07) is 165. The molecule has 0 fully saturated rings. The summed E-state index contributed by atoms with van der Waals surface area (Å²) in [5.41, 5.74) is 39.5. The van der Waals surface area contributed by atoms with Gasteiger partial charge in [-0.25, -0.2) is 0 Å². The molecular formula is C123H82N2O4. The van der Waals surface area contributed by atoms with Crippen LogP contribution in [0, 0.1) is 0 Å². The summed E-state index contributed by atoms with van der Waals surface area (Å²) < 4.78 is 25.6. The molecule has 6 nitrogen and oxygen atoms in total. The van der Waals surface area contributed by atoms with Crippen LogP contribution in [0.2, 0.25) is 0 Å². The molecule has 0 amide bonds. The first-order valence-corrected chi connectivity index (χ1v) is 44.1. The van der Waals surface area contributed by atoms with E-state index in [4.69, 9.17) is 17.7 Å². The van der Waals surface area contributed by atoms with Gasteiger partial charge in [-0.15, -0.1) is 0 Å². The van der Waals surface area contributed by atoms with Gasteiger partial charge >= 0.3 is 0 Å². The maximum absolute atomic E-state index is 6.45. The lowest BCUT2D eigenvalue weighted by molar-refractivity contribution is 0.660. The minimum atomic E-state index is -0.193. The van der Waals surface area contributed by atoms with E-state index in [2.05, 4.69) is 436 Å². The summed E-state index contributed by atoms with van der Waals surface area (Å²) in [5.74, 6) is 0. The van der Waals surface area contributed by atoms with E-state index in [-0.39, 0.29) is 5.41 Å². The standard InChI is InChI=1S/C66H43NO2.C57H39NO2/c1-2-10-44(11-3-1)45-20-22-46(23-21-45)49-32-38-54(39-33-49)67(55-40-34-50(35-41-55)47-24-28-52(29-25-47)57-14-8-16-61-59-12-4-6-18-63(59)68-65(57)61)56-42-36-51(37-43-56)48-26-30-53(31-27-48)58-15-9-17-62-60-13-5-7-19-64(60)69-66(58)62;1-57(2)51-34-39(36-12-4-3-5-13-36)26-32-45(51)46-33-31-42(35-52(46)57)58(40-27-22-37(23-28-40)43-16-10-18-49-47-14-6-8-20-53(47)59-55(43)49)41-29-24-38(25-30-41)44-17-11-19-50-48-15-7-9-21-54(48)60-56(44)50/h1-43H;3-35H,1-2H3. The molecule has 608 valence electrons. The maximum atomic E-state index is 6.45. The van der Waals surface area contributed by atoms with Crippen LogP contribution in [0.5, 0.6) is 0 Å². The summed E-state index contributed by atoms with van der Waals surface area (Å²) in [4.78, 5) is 4.72. The Kier molecular flexibility index (Phi) is 18.5. The highest BCUT2D eigenvalue weighted by Crippen LogP contribution is 2.53. The Hall–Kier alpha value is -16.8. The fraction of sp³-hybridized carbons (Fsp3) is 0.0244. The molecule has 1 aliphatic carbocycles. The Balaban J connectivity index is 0.000000145. The average molecular weight is 1650 g/mol. The van der Waals surface area contributed by atoms with Crippen molar-refractivity contribution in [3.8, 4) is 111 Å². The average Bonchev–Trinajstić information content (AvgIpc) is 1.57. The van der Waals surface area contributed by atoms with Crippen molar-refractivity contribution in [1.82, 2.24) is 0 Å². The van der Waals surface area contributed by atoms with Crippen LogP contribution in [0.4, 0.5) is 34.1 Å². The Labute approximate surface area is 747 Å². The van der Waals surface area contributed by atoms with Crippen molar-refractivity contribution in [3.63, 3.8) is 0 Å². The number of nitrogens with zero attached hydrogens (tertiary/aromatic N) is 2. The van der Waals surface area contributed by atoms with Crippen LogP contribution in [0.15, 0.2) is 479 Å². The molecule has 129 heavy (non-hydrogen) atoms. The van der Waals surface area contributed by atoms with Crippen molar-refractivity contribution in [1.29, 1.82) is 0 Å². The predicted molar refractivity (Wildman–Crippen MR) is 538 cm³/mol. The zero-order chi connectivity index (χ0) is 85.6. The molecule has 20 aromatic carbocycles. The molecular weight excluding hydrogens is 1570 g/mol. The number of benzene rings is 20. The minimum absolute atomic E-state index is 0.193. The van der Waals surface area contributed by atoms with E-state index >= 15 is 0 Å². The molecule has 0 saturated carbocycles. The molecule has 4 heterocycles. The molecule has 24 aromatic rings. The topological polar surface area (TPSA) is 59.0 Å². The highest BCUT2D eigenvalue weighted by molar-refractivity contribution is 6.13. The summed E-state index contributed by atoms with van der Waals surface area (Å²) in [6.07, 6.45) is 0. The Morgan fingerprint density at radius 3 is 0.674 bits per heavy atom. The number of hydrogen-bond acceptors (Lipinski definition) is 6. The number of para-hydroxylation sites is 8. The Bertz CT molecular complexity index is 8020. The molecule has 1 aliphatic rings. The summed E-state index contributed by atoms with van der Waals surface area (Å²) in [6.45, 7) is 4.73. The number of hydrogen-bond donors (Lipinski definition) is 0. The molecule has 0 atom stereocenters. The Morgan fingerprint density at radius 2 is 0.364 bits per heavy atom. The van der Waals surface area contributed by atoms with E-state index in [1.807, 2.05) is 48.5 Å². The first-order valence-electron chi connectivity index (χ1n) is 44.1. The van der Waals surface area contributed by atoms with Gasteiger partial charge in [0, 0.05) is 105 Å². The van der Waals surface area contributed by atoms with E-state index in [1.54, 1.807) is 0 Å². The van der Waals surface area contributed by atoms with Crippen molar-refractivity contribution in [2.45, 2.75) is 19.3 Å². The fourth-order valence-corrected chi connectivity index (χ4v) is 19.6. The zero-order valence-electron chi connectivity index (χ0n) is 70.9. The van der Waals surface area contributed by atoms with Gasteiger partial charge in [-0.2, -0.15) is 0 Å². The SMILES string of the molecule is CC1(C)c2cc(-c3ccccc3)ccc2-c2ccc(N(c3ccc(-c4cccc5c4oc4ccccc45)cc3)c3ccc(-c4cccc5c4oc4ccccc45)cc3)cc21.c1ccc(-c2ccc(-c3ccc(N(c4ccc(-c5ccc(-c6cccc7c6oc6ccccc67)cc5)cc4)c4ccc(-c5ccc(-c6cccc7c6oc6ccccc67)cc5)cc4)cc3)cc2)cc1. The van der Waals surface area contributed by atoms with E-state index in [0.29, 0.717) is 0 Å². The van der Waals surface area contributed by atoms with Gasteiger partial charge < -0.3 is 27.5 Å². The summed E-state index contributed by atoms with van der Waals surface area (Å²) in [7, 11) is 0. The van der Waals surface area contributed by atoms with Gasteiger partial charge in [-0.3, -0.25) is 0 Å². The van der Waals surface area contributed by atoms with Crippen LogP contribution in [0.1, 0.15) is 25.0 Å². The van der Waals surface area contributed by atoms with Crippen molar-refractivity contribution < 1.29 is 17.7 Å². The predicted octanol–water partition coefficient (Wildman–Crippen LogP) is 35.2. The normalized spacial score (nSPS) is 12.2. The van der Waals surface area contributed by atoms with Gasteiger partial charge in [0.15, 0.2) is 0 Å². The summed E-state index contributed by atoms with van der Waals surface area (Å²) >= 11 is 0. The minimum Gasteiger partial charge on any atom is -0.455 e. The number of furan rings is 4. The lowest BCUT2D eigenvalue weighted by Crippen LogP contribution is -2.16. The van der Waals surface area contributed by atoms with Gasteiger partial charge in [0.25, 0.3) is 0 Å². The second-order valence-electron chi connectivity index (χ2n) is 34.1. The van der Waals surface area contributed by atoms with Gasteiger partial charge in [0.1, 0.15) is 44.7 Å².